The van der Waals surface area contributed by atoms with E-state index in [0.717, 1.165) is 29.5 Å². The average Bonchev–Trinajstić information content (AvgIpc) is 3.43. The van der Waals surface area contributed by atoms with E-state index < -0.39 is 0 Å². The maximum atomic E-state index is 13.2. The summed E-state index contributed by atoms with van der Waals surface area (Å²) in [5.41, 5.74) is 1.08. The topological polar surface area (TPSA) is 51.0 Å². The smallest absolute Gasteiger partial charge is 0.236 e. The lowest BCUT2D eigenvalue weighted by Crippen LogP contribution is -2.50. The first-order valence-electron chi connectivity index (χ1n) is 10.1. The van der Waals surface area contributed by atoms with Crippen LogP contribution in [0.25, 0.3) is 5.69 Å². The molecule has 0 bridgehead atoms. The maximum absolute atomic E-state index is 13.2. The molecule has 2 aromatic rings. The molecule has 2 aliphatic rings. The summed E-state index contributed by atoms with van der Waals surface area (Å²) in [6, 6.07) is 10.9. The van der Waals surface area contributed by atoms with E-state index in [-0.39, 0.29) is 11.2 Å². The van der Waals surface area contributed by atoms with E-state index in [1.807, 2.05) is 25.1 Å². The van der Waals surface area contributed by atoms with Crippen molar-refractivity contribution in [2.45, 2.75) is 81.3 Å². The van der Waals surface area contributed by atoms with Crippen LogP contribution in [0.1, 0.15) is 64.6 Å². The third-order valence-corrected chi connectivity index (χ3v) is 6.72. The Hall–Kier alpha value is -1.82. The predicted molar refractivity (Wildman–Crippen MR) is 108 cm³/mol. The van der Waals surface area contributed by atoms with Crippen LogP contribution in [-0.2, 0) is 4.79 Å². The lowest BCUT2D eigenvalue weighted by Gasteiger charge is -2.40. The van der Waals surface area contributed by atoms with E-state index in [0.29, 0.717) is 18.0 Å². The molecule has 0 unspecified atom stereocenters. The minimum Gasteiger partial charge on any atom is -0.336 e. The van der Waals surface area contributed by atoms with E-state index in [1.54, 1.807) is 0 Å². The van der Waals surface area contributed by atoms with Crippen molar-refractivity contribution in [3.8, 4) is 5.69 Å². The summed E-state index contributed by atoms with van der Waals surface area (Å²) in [5, 5.41) is 9.59. The molecule has 144 valence electrons. The van der Waals surface area contributed by atoms with Gasteiger partial charge in [0.05, 0.1) is 5.25 Å². The fourth-order valence-corrected chi connectivity index (χ4v) is 4.99. The molecule has 0 spiro atoms. The minimum atomic E-state index is -0.174. The van der Waals surface area contributed by atoms with Gasteiger partial charge in [-0.2, -0.15) is 0 Å². The van der Waals surface area contributed by atoms with Gasteiger partial charge in [0.25, 0.3) is 0 Å². The standard InChI is InChI=1S/C21H28N4OS/c1-14-8-7-9-15(2)24(14)20(26)16(3)27-21-23-22-19(17-12-13-17)25(21)18-10-5-4-6-11-18/h4-6,10-11,14-17H,7-9,12-13H2,1-3H3/t14-,15-,16+/m0/s1. The summed E-state index contributed by atoms with van der Waals surface area (Å²) in [5.74, 6) is 1.75. The van der Waals surface area contributed by atoms with Crippen LogP contribution in [0.15, 0.2) is 35.5 Å². The summed E-state index contributed by atoms with van der Waals surface area (Å²) in [6.07, 6.45) is 5.75. The zero-order valence-electron chi connectivity index (χ0n) is 16.3. The Morgan fingerprint density at radius 2 is 1.74 bits per heavy atom. The van der Waals surface area contributed by atoms with E-state index in [4.69, 9.17) is 0 Å². The molecule has 3 atom stereocenters. The first-order valence-corrected chi connectivity index (χ1v) is 10.9. The molecule has 1 saturated heterocycles. The Labute approximate surface area is 165 Å². The van der Waals surface area contributed by atoms with Crippen LogP contribution in [0.5, 0.6) is 0 Å². The second-order valence-electron chi connectivity index (χ2n) is 7.92. The van der Waals surface area contributed by atoms with Crippen LogP contribution in [0, 0.1) is 0 Å². The number of hydrogen-bond donors (Lipinski definition) is 0. The number of likely N-dealkylation sites (tertiary alicyclic amines) is 1. The molecule has 1 aromatic heterocycles. The molecule has 2 fully saturated rings. The van der Waals surface area contributed by atoms with Gasteiger partial charge < -0.3 is 4.90 Å². The number of amides is 1. The fraction of sp³-hybridized carbons (Fsp3) is 0.571. The van der Waals surface area contributed by atoms with Crippen molar-refractivity contribution in [2.75, 3.05) is 0 Å². The van der Waals surface area contributed by atoms with Crippen LogP contribution >= 0.6 is 11.8 Å². The molecule has 1 aromatic carbocycles. The highest BCUT2D eigenvalue weighted by Gasteiger charge is 2.35. The molecule has 27 heavy (non-hydrogen) atoms. The first-order chi connectivity index (χ1) is 13.1. The summed E-state index contributed by atoms with van der Waals surface area (Å²) >= 11 is 1.54. The molecule has 2 heterocycles. The van der Waals surface area contributed by atoms with E-state index in [1.165, 1.54) is 31.0 Å². The molecule has 6 heteroatoms. The van der Waals surface area contributed by atoms with Crippen molar-refractivity contribution < 1.29 is 4.79 Å². The number of aromatic nitrogens is 3. The number of nitrogens with zero attached hydrogens (tertiary/aromatic N) is 4. The molecule has 1 aliphatic carbocycles. The molecule has 4 rings (SSSR count). The third-order valence-electron chi connectivity index (χ3n) is 5.69. The normalized spacial score (nSPS) is 24.0. The lowest BCUT2D eigenvalue weighted by atomic mass is 9.97. The first kappa shape index (κ1) is 18.5. The SMILES string of the molecule is C[C@@H](Sc1nnc(C2CC2)n1-c1ccccc1)C(=O)N1[C@@H](C)CCC[C@@H]1C. The van der Waals surface area contributed by atoms with Crippen LogP contribution in [0.2, 0.25) is 0 Å². The number of piperidine rings is 1. The maximum Gasteiger partial charge on any atom is 0.236 e. The van der Waals surface area contributed by atoms with Gasteiger partial charge in [-0.15, -0.1) is 10.2 Å². The van der Waals surface area contributed by atoms with Gasteiger partial charge in [-0.3, -0.25) is 9.36 Å². The Balaban J connectivity index is 1.58. The zero-order valence-corrected chi connectivity index (χ0v) is 17.2. The van der Waals surface area contributed by atoms with Crippen LogP contribution in [-0.4, -0.2) is 42.9 Å². The van der Waals surface area contributed by atoms with Gasteiger partial charge in [-0.05, 0) is 65.0 Å². The van der Waals surface area contributed by atoms with E-state index in [9.17, 15) is 4.79 Å². The van der Waals surface area contributed by atoms with Crippen LogP contribution in [0.3, 0.4) is 0 Å². The van der Waals surface area contributed by atoms with Crippen molar-refractivity contribution in [2.24, 2.45) is 0 Å². The summed E-state index contributed by atoms with van der Waals surface area (Å²) < 4.78 is 2.15. The Morgan fingerprint density at radius 3 is 2.37 bits per heavy atom. The molecule has 1 saturated carbocycles. The molecule has 5 nitrogen and oxygen atoms in total. The summed E-state index contributed by atoms with van der Waals surface area (Å²) in [4.78, 5) is 15.3. The number of para-hydroxylation sites is 1. The fourth-order valence-electron chi connectivity index (χ4n) is 4.06. The van der Waals surface area contributed by atoms with Crippen LogP contribution in [0.4, 0.5) is 0 Å². The van der Waals surface area contributed by atoms with Crippen LogP contribution < -0.4 is 0 Å². The molecule has 0 N–H and O–H groups in total. The zero-order chi connectivity index (χ0) is 19.0. The van der Waals surface area contributed by atoms with E-state index >= 15 is 0 Å². The molecule has 0 radical (unpaired) electrons. The van der Waals surface area contributed by atoms with E-state index in [2.05, 4.69) is 45.6 Å². The number of rotatable bonds is 5. The van der Waals surface area contributed by atoms with Gasteiger partial charge in [0.15, 0.2) is 5.16 Å². The quantitative estimate of drug-likeness (QED) is 0.716. The number of thioether (sulfide) groups is 1. The van der Waals surface area contributed by atoms with Crippen molar-refractivity contribution >= 4 is 17.7 Å². The largest absolute Gasteiger partial charge is 0.336 e. The number of carbonyl (C=O) groups is 1. The van der Waals surface area contributed by atoms with Gasteiger partial charge in [-0.25, -0.2) is 0 Å². The van der Waals surface area contributed by atoms with Crippen molar-refractivity contribution in [3.05, 3.63) is 36.2 Å². The Morgan fingerprint density at radius 1 is 1.07 bits per heavy atom. The Bertz CT molecular complexity index is 792. The average molecular weight is 385 g/mol. The number of carbonyl (C=O) groups excluding carboxylic acids is 1. The molecular formula is C21H28N4OS. The Kier molecular flexibility index (Phi) is 5.26. The predicted octanol–water partition coefficient (Wildman–Crippen LogP) is 4.41. The van der Waals surface area contributed by atoms with Crippen molar-refractivity contribution in [1.29, 1.82) is 0 Å². The monoisotopic (exact) mass is 384 g/mol. The lowest BCUT2D eigenvalue weighted by molar-refractivity contribution is -0.136. The minimum absolute atomic E-state index is 0.174. The summed E-state index contributed by atoms with van der Waals surface area (Å²) in [6.45, 7) is 6.34. The second-order valence-corrected chi connectivity index (χ2v) is 9.23. The number of hydrogen-bond acceptors (Lipinski definition) is 4. The number of benzene rings is 1. The van der Waals surface area contributed by atoms with Gasteiger partial charge in [0.2, 0.25) is 5.91 Å². The van der Waals surface area contributed by atoms with Gasteiger partial charge in [0.1, 0.15) is 5.82 Å². The highest BCUT2D eigenvalue weighted by atomic mass is 32.2. The van der Waals surface area contributed by atoms with Crippen molar-refractivity contribution in [3.63, 3.8) is 0 Å². The summed E-state index contributed by atoms with van der Waals surface area (Å²) in [7, 11) is 0. The highest BCUT2D eigenvalue weighted by Crippen LogP contribution is 2.41. The molecule has 1 amide bonds. The molecule has 1 aliphatic heterocycles. The van der Waals surface area contributed by atoms with Crippen molar-refractivity contribution in [1.82, 2.24) is 19.7 Å². The molecular weight excluding hydrogens is 356 g/mol. The third kappa shape index (κ3) is 3.77. The van der Waals surface area contributed by atoms with Gasteiger partial charge >= 0.3 is 0 Å². The van der Waals surface area contributed by atoms with Gasteiger partial charge in [-0.1, -0.05) is 30.0 Å². The second kappa shape index (κ2) is 7.66. The highest BCUT2D eigenvalue weighted by molar-refractivity contribution is 8.00. The van der Waals surface area contributed by atoms with Gasteiger partial charge in [0, 0.05) is 23.7 Å².